The van der Waals surface area contributed by atoms with Crippen molar-refractivity contribution in [2.45, 2.75) is 6.92 Å². The van der Waals surface area contributed by atoms with E-state index in [1.807, 2.05) is 6.92 Å². The molecule has 0 heterocycles. The molecule has 0 amide bonds. The minimum atomic E-state index is -1.19. The molecule has 0 radical (unpaired) electrons. The first-order valence-corrected chi connectivity index (χ1v) is 6.55. The lowest BCUT2D eigenvalue weighted by Gasteiger charge is -2.09. The average molecular weight is 286 g/mol. The Labute approximate surface area is 122 Å². The third-order valence-corrected chi connectivity index (χ3v) is 2.91. The standard InChI is InChI=1S/C17H15FO3/c1-2-21-16-10-6-3-7-12(16)11-14(17(19)20)13-8-4-5-9-15(13)18/h3-11H,2H2,1H3,(H,19,20)/b14-11+. The maximum absolute atomic E-state index is 13.8. The highest BCUT2D eigenvalue weighted by Crippen LogP contribution is 2.26. The van der Waals surface area contributed by atoms with E-state index in [0.29, 0.717) is 17.9 Å². The summed E-state index contributed by atoms with van der Waals surface area (Å²) >= 11 is 0. The minimum absolute atomic E-state index is 0.0521. The van der Waals surface area contributed by atoms with E-state index in [0.717, 1.165) is 0 Å². The number of benzene rings is 2. The highest BCUT2D eigenvalue weighted by atomic mass is 19.1. The molecular formula is C17H15FO3. The number of aliphatic carboxylic acids is 1. The summed E-state index contributed by atoms with van der Waals surface area (Å²) < 4.78 is 19.3. The van der Waals surface area contributed by atoms with Crippen molar-refractivity contribution in [3.05, 3.63) is 65.5 Å². The summed E-state index contributed by atoms with van der Waals surface area (Å²) in [5.41, 5.74) is 0.538. The summed E-state index contributed by atoms with van der Waals surface area (Å²) in [6, 6.07) is 12.8. The monoisotopic (exact) mass is 286 g/mol. The van der Waals surface area contributed by atoms with Crippen LogP contribution in [0.25, 0.3) is 11.6 Å². The summed E-state index contributed by atoms with van der Waals surface area (Å²) in [4.78, 5) is 11.4. The van der Waals surface area contributed by atoms with Crippen LogP contribution in [0.3, 0.4) is 0 Å². The van der Waals surface area contributed by atoms with Gasteiger partial charge in [-0.3, -0.25) is 0 Å². The summed E-state index contributed by atoms with van der Waals surface area (Å²) in [7, 11) is 0. The molecule has 3 nitrogen and oxygen atoms in total. The summed E-state index contributed by atoms with van der Waals surface area (Å²) in [6.07, 6.45) is 1.42. The van der Waals surface area contributed by atoms with Gasteiger partial charge in [0.2, 0.25) is 0 Å². The van der Waals surface area contributed by atoms with Crippen molar-refractivity contribution in [1.29, 1.82) is 0 Å². The molecule has 0 saturated carbocycles. The predicted molar refractivity (Wildman–Crippen MR) is 79.5 cm³/mol. The Kier molecular flexibility index (Phi) is 4.72. The third kappa shape index (κ3) is 3.48. The second-order valence-electron chi connectivity index (χ2n) is 4.31. The van der Waals surface area contributed by atoms with Gasteiger partial charge in [0.1, 0.15) is 11.6 Å². The quantitative estimate of drug-likeness (QED) is 0.671. The van der Waals surface area contributed by atoms with Crippen LogP contribution >= 0.6 is 0 Å². The molecule has 0 aliphatic heterocycles. The molecule has 1 N–H and O–H groups in total. The van der Waals surface area contributed by atoms with Gasteiger partial charge in [0, 0.05) is 11.1 Å². The highest BCUT2D eigenvalue weighted by Gasteiger charge is 2.15. The fourth-order valence-electron chi connectivity index (χ4n) is 1.98. The van der Waals surface area contributed by atoms with Crippen molar-refractivity contribution in [1.82, 2.24) is 0 Å². The van der Waals surface area contributed by atoms with Gasteiger partial charge in [-0.05, 0) is 25.1 Å². The second-order valence-corrected chi connectivity index (χ2v) is 4.31. The molecule has 2 aromatic rings. The van der Waals surface area contributed by atoms with Crippen molar-refractivity contribution >= 4 is 17.6 Å². The molecule has 0 unspecified atom stereocenters. The van der Waals surface area contributed by atoms with Crippen LogP contribution < -0.4 is 4.74 Å². The number of hydrogen-bond acceptors (Lipinski definition) is 2. The molecule has 2 aromatic carbocycles. The number of hydrogen-bond donors (Lipinski definition) is 1. The Morgan fingerprint density at radius 1 is 1.19 bits per heavy atom. The molecule has 0 bridgehead atoms. The van der Waals surface area contributed by atoms with Crippen molar-refractivity contribution in [2.75, 3.05) is 6.61 Å². The minimum Gasteiger partial charge on any atom is -0.493 e. The van der Waals surface area contributed by atoms with Gasteiger partial charge in [-0.2, -0.15) is 0 Å². The molecule has 0 aliphatic rings. The molecule has 0 aromatic heterocycles. The van der Waals surface area contributed by atoms with Crippen LogP contribution in [0.4, 0.5) is 4.39 Å². The highest BCUT2D eigenvalue weighted by molar-refractivity contribution is 6.20. The first kappa shape index (κ1) is 14.8. The van der Waals surface area contributed by atoms with Crippen LogP contribution in [0, 0.1) is 5.82 Å². The number of carboxylic acid groups (broad SMARTS) is 1. The molecule has 0 spiro atoms. The zero-order chi connectivity index (χ0) is 15.2. The van der Waals surface area contributed by atoms with E-state index in [1.54, 1.807) is 30.3 Å². The van der Waals surface area contributed by atoms with Crippen molar-refractivity contribution in [3.8, 4) is 5.75 Å². The topological polar surface area (TPSA) is 46.5 Å². The number of para-hydroxylation sites is 1. The fraction of sp³-hybridized carbons (Fsp3) is 0.118. The zero-order valence-electron chi connectivity index (χ0n) is 11.5. The molecule has 2 rings (SSSR count). The van der Waals surface area contributed by atoms with E-state index < -0.39 is 11.8 Å². The first-order valence-electron chi connectivity index (χ1n) is 6.55. The largest absolute Gasteiger partial charge is 0.493 e. The maximum Gasteiger partial charge on any atom is 0.336 e. The Balaban J connectivity index is 2.54. The third-order valence-electron chi connectivity index (χ3n) is 2.91. The van der Waals surface area contributed by atoms with Gasteiger partial charge >= 0.3 is 5.97 Å². The van der Waals surface area contributed by atoms with Gasteiger partial charge < -0.3 is 9.84 Å². The van der Waals surface area contributed by atoms with Crippen LogP contribution in [0.15, 0.2) is 48.5 Å². The SMILES string of the molecule is CCOc1ccccc1/C=C(/C(=O)O)c1ccccc1F. The molecule has 21 heavy (non-hydrogen) atoms. The molecule has 0 fully saturated rings. The van der Waals surface area contributed by atoms with Crippen LogP contribution in [0.5, 0.6) is 5.75 Å². The lowest BCUT2D eigenvalue weighted by atomic mass is 10.0. The van der Waals surface area contributed by atoms with E-state index in [-0.39, 0.29) is 11.1 Å². The summed E-state index contributed by atoms with van der Waals surface area (Å²) in [5.74, 6) is -1.19. The second kappa shape index (κ2) is 6.70. The molecule has 4 heteroatoms. The number of ether oxygens (including phenoxy) is 1. The number of halogens is 1. The van der Waals surface area contributed by atoms with E-state index >= 15 is 0 Å². The van der Waals surface area contributed by atoms with Gasteiger partial charge in [0.15, 0.2) is 0 Å². The average Bonchev–Trinajstić information content (AvgIpc) is 2.47. The normalized spacial score (nSPS) is 11.2. The molecule has 108 valence electrons. The molecule has 0 saturated heterocycles. The predicted octanol–water partition coefficient (Wildman–Crippen LogP) is 3.85. The van der Waals surface area contributed by atoms with Gasteiger partial charge in [-0.15, -0.1) is 0 Å². The van der Waals surface area contributed by atoms with Crippen molar-refractivity contribution in [2.24, 2.45) is 0 Å². The number of carboxylic acids is 1. The van der Waals surface area contributed by atoms with Crippen LogP contribution in [-0.4, -0.2) is 17.7 Å². The van der Waals surface area contributed by atoms with Gasteiger partial charge in [0.05, 0.1) is 12.2 Å². The zero-order valence-corrected chi connectivity index (χ0v) is 11.5. The first-order chi connectivity index (χ1) is 10.1. The lowest BCUT2D eigenvalue weighted by Crippen LogP contribution is -2.02. The van der Waals surface area contributed by atoms with Gasteiger partial charge in [-0.1, -0.05) is 36.4 Å². The Morgan fingerprint density at radius 2 is 1.86 bits per heavy atom. The fourth-order valence-corrected chi connectivity index (χ4v) is 1.98. The molecule has 0 atom stereocenters. The Morgan fingerprint density at radius 3 is 2.52 bits per heavy atom. The molecular weight excluding hydrogens is 271 g/mol. The van der Waals surface area contributed by atoms with Crippen molar-refractivity contribution < 1.29 is 19.0 Å². The summed E-state index contributed by atoms with van der Waals surface area (Å²) in [6.45, 7) is 2.31. The van der Waals surface area contributed by atoms with Gasteiger partial charge in [-0.25, -0.2) is 9.18 Å². The smallest absolute Gasteiger partial charge is 0.336 e. The van der Waals surface area contributed by atoms with E-state index in [1.165, 1.54) is 24.3 Å². The van der Waals surface area contributed by atoms with E-state index in [4.69, 9.17) is 4.74 Å². The maximum atomic E-state index is 13.8. The van der Waals surface area contributed by atoms with E-state index in [2.05, 4.69) is 0 Å². The van der Waals surface area contributed by atoms with E-state index in [9.17, 15) is 14.3 Å². The van der Waals surface area contributed by atoms with Crippen LogP contribution in [0.1, 0.15) is 18.1 Å². The van der Waals surface area contributed by atoms with Gasteiger partial charge in [0.25, 0.3) is 0 Å². The Hall–Kier alpha value is -2.62. The Bertz CT molecular complexity index is 677. The lowest BCUT2D eigenvalue weighted by molar-refractivity contribution is -0.130. The number of rotatable bonds is 5. The van der Waals surface area contributed by atoms with Crippen LogP contribution in [0.2, 0.25) is 0 Å². The molecule has 0 aliphatic carbocycles. The van der Waals surface area contributed by atoms with Crippen molar-refractivity contribution in [3.63, 3.8) is 0 Å². The summed E-state index contributed by atoms with van der Waals surface area (Å²) in [5, 5.41) is 9.36. The number of carbonyl (C=O) groups is 1. The van der Waals surface area contributed by atoms with Crippen LogP contribution in [-0.2, 0) is 4.79 Å².